The van der Waals surface area contributed by atoms with Gasteiger partial charge >= 0.3 is 0 Å². The maximum atomic E-state index is 13.0. The summed E-state index contributed by atoms with van der Waals surface area (Å²) >= 11 is 0. The second kappa shape index (κ2) is 5.17. The van der Waals surface area contributed by atoms with Crippen LogP contribution in [0.25, 0.3) is 11.0 Å². The fourth-order valence-corrected chi connectivity index (χ4v) is 3.85. The summed E-state index contributed by atoms with van der Waals surface area (Å²) in [6.45, 7) is 4.60. The van der Waals surface area contributed by atoms with Crippen molar-refractivity contribution in [3.63, 3.8) is 0 Å². The van der Waals surface area contributed by atoms with Crippen molar-refractivity contribution in [2.24, 2.45) is 4.99 Å². The van der Waals surface area contributed by atoms with E-state index < -0.39 is 11.6 Å². The van der Waals surface area contributed by atoms with Gasteiger partial charge in [-0.3, -0.25) is 4.79 Å². The molecule has 1 amide bonds. The second-order valence-electron chi connectivity index (χ2n) is 7.35. The van der Waals surface area contributed by atoms with Crippen molar-refractivity contribution in [3.8, 4) is 0 Å². The number of amides is 1. The van der Waals surface area contributed by atoms with Gasteiger partial charge in [-0.1, -0.05) is 30.3 Å². The van der Waals surface area contributed by atoms with E-state index in [2.05, 4.69) is 26.3 Å². The van der Waals surface area contributed by atoms with Crippen molar-refractivity contribution in [3.05, 3.63) is 59.9 Å². The Kier molecular flexibility index (Phi) is 3.01. The molecule has 6 nitrogen and oxygen atoms in total. The number of H-pyrrole nitrogens is 1. The molecular weight excluding hydrogens is 326 g/mol. The molecule has 2 aromatic carbocycles. The van der Waals surface area contributed by atoms with E-state index in [0.717, 1.165) is 28.1 Å². The highest BCUT2D eigenvalue weighted by Gasteiger charge is 2.46. The zero-order valence-electron chi connectivity index (χ0n) is 14.7. The Morgan fingerprint density at radius 3 is 2.73 bits per heavy atom. The van der Waals surface area contributed by atoms with Crippen LogP contribution in [0.4, 0.5) is 5.69 Å². The lowest BCUT2D eigenvalue weighted by Gasteiger charge is -2.46. The smallest absolute Gasteiger partial charge is 0.251 e. The van der Waals surface area contributed by atoms with Crippen LogP contribution in [0.15, 0.2) is 53.5 Å². The first kappa shape index (κ1) is 15.1. The molecule has 3 heterocycles. The van der Waals surface area contributed by atoms with Crippen LogP contribution < -0.4 is 5.32 Å². The molecule has 1 unspecified atom stereocenters. The summed E-state index contributed by atoms with van der Waals surface area (Å²) in [6.07, 6.45) is 0. The third-order valence-electron chi connectivity index (χ3n) is 5.05. The van der Waals surface area contributed by atoms with Crippen molar-refractivity contribution in [2.75, 3.05) is 0 Å². The van der Waals surface area contributed by atoms with E-state index in [1.807, 2.05) is 56.3 Å². The fraction of sp³-hybridized carbons (Fsp3) is 0.250. The molecule has 2 N–H and O–H groups in total. The molecule has 1 fully saturated rings. The van der Waals surface area contributed by atoms with Gasteiger partial charge in [0.25, 0.3) is 5.91 Å². The number of carbonyl (C=O) groups is 1. The van der Waals surface area contributed by atoms with E-state index in [-0.39, 0.29) is 5.91 Å². The Bertz CT molecular complexity index is 1030. The lowest BCUT2D eigenvalue weighted by molar-refractivity contribution is -0.128. The Labute approximate surface area is 151 Å². The minimum atomic E-state index is -0.535. The lowest BCUT2D eigenvalue weighted by atomic mass is 9.93. The largest absolute Gasteiger partial charge is 0.342 e. The number of nitrogens with zero attached hydrogens (tertiary/aromatic N) is 3. The van der Waals surface area contributed by atoms with Gasteiger partial charge < -0.3 is 15.2 Å². The Balaban J connectivity index is 1.66. The van der Waals surface area contributed by atoms with Gasteiger partial charge in [-0.05, 0) is 37.6 Å². The van der Waals surface area contributed by atoms with Crippen molar-refractivity contribution in [1.29, 1.82) is 0 Å². The molecule has 0 bridgehead atoms. The van der Waals surface area contributed by atoms with Crippen LogP contribution in [0.3, 0.4) is 0 Å². The number of hydrogen-bond donors (Lipinski definition) is 2. The molecule has 5 rings (SSSR count). The minimum absolute atomic E-state index is 0.0626. The molecule has 0 radical (unpaired) electrons. The highest BCUT2D eigenvalue weighted by atomic mass is 16.2. The van der Waals surface area contributed by atoms with E-state index in [1.165, 1.54) is 0 Å². The number of benzene rings is 2. The molecular formula is C20H19N5O. The first-order valence-electron chi connectivity index (χ1n) is 8.73. The Hall–Kier alpha value is -3.15. The molecule has 6 heteroatoms. The summed E-state index contributed by atoms with van der Waals surface area (Å²) in [4.78, 5) is 27.9. The summed E-state index contributed by atoms with van der Waals surface area (Å²) < 4.78 is 0. The number of rotatable bonds is 1. The number of fused-ring (bicyclic) bond motifs is 3. The molecule has 1 atom stereocenters. The van der Waals surface area contributed by atoms with Crippen molar-refractivity contribution in [2.45, 2.75) is 32.0 Å². The quantitative estimate of drug-likeness (QED) is 0.712. The van der Waals surface area contributed by atoms with Crippen molar-refractivity contribution >= 4 is 28.5 Å². The van der Waals surface area contributed by atoms with Gasteiger partial charge in [0.1, 0.15) is 11.7 Å². The lowest BCUT2D eigenvalue weighted by Crippen LogP contribution is -2.65. The number of imidazole rings is 1. The monoisotopic (exact) mass is 345 g/mol. The van der Waals surface area contributed by atoms with Crippen LogP contribution >= 0.6 is 0 Å². The predicted octanol–water partition coefficient (Wildman–Crippen LogP) is 3.06. The summed E-state index contributed by atoms with van der Waals surface area (Å²) in [5.74, 6) is 1.44. The Morgan fingerprint density at radius 2 is 1.88 bits per heavy atom. The van der Waals surface area contributed by atoms with Gasteiger partial charge in [0.05, 0.1) is 22.3 Å². The highest BCUT2D eigenvalue weighted by Crippen LogP contribution is 2.37. The standard InChI is InChI=1S/C20H19N5O/c1-20(2)19-23-13-8-4-3-7-12(13)11-25(19)16(18(26)24-20)17-21-14-9-5-6-10-15(14)22-17/h3-10,16H,11H2,1-2H3,(H,21,22)(H,24,26). The number of aliphatic imine (C=N–C) groups is 1. The summed E-state index contributed by atoms with van der Waals surface area (Å²) in [5, 5.41) is 3.11. The van der Waals surface area contributed by atoms with E-state index in [9.17, 15) is 4.79 Å². The molecule has 2 aliphatic heterocycles. The number of amidine groups is 1. The second-order valence-corrected chi connectivity index (χ2v) is 7.35. The number of para-hydroxylation sites is 3. The van der Waals surface area contributed by atoms with Crippen LogP contribution in [-0.4, -0.2) is 32.1 Å². The molecule has 3 aromatic rings. The zero-order valence-corrected chi connectivity index (χ0v) is 14.7. The van der Waals surface area contributed by atoms with Crippen LogP contribution in [0, 0.1) is 0 Å². The van der Waals surface area contributed by atoms with Crippen LogP contribution in [0.1, 0.15) is 31.3 Å². The molecule has 0 aliphatic carbocycles. The van der Waals surface area contributed by atoms with Crippen molar-refractivity contribution < 1.29 is 4.79 Å². The van der Waals surface area contributed by atoms with Gasteiger partial charge in [-0.25, -0.2) is 9.98 Å². The predicted molar refractivity (Wildman–Crippen MR) is 100 cm³/mol. The molecule has 2 aliphatic rings. The molecule has 1 aromatic heterocycles. The number of hydrogen-bond acceptors (Lipinski definition) is 4. The molecule has 0 saturated carbocycles. The summed E-state index contributed by atoms with van der Waals surface area (Å²) in [5.41, 5.74) is 3.33. The number of carbonyl (C=O) groups excluding carboxylic acids is 1. The van der Waals surface area contributed by atoms with Crippen LogP contribution in [-0.2, 0) is 11.3 Å². The average Bonchev–Trinajstić information content (AvgIpc) is 3.03. The topological polar surface area (TPSA) is 73.4 Å². The van der Waals surface area contributed by atoms with Gasteiger partial charge in [0.15, 0.2) is 6.04 Å². The van der Waals surface area contributed by atoms with Crippen LogP contribution in [0.5, 0.6) is 0 Å². The summed E-state index contributed by atoms with van der Waals surface area (Å²) in [7, 11) is 0. The van der Waals surface area contributed by atoms with E-state index >= 15 is 0 Å². The van der Waals surface area contributed by atoms with Crippen LogP contribution in [0.2, 0.25) is 0 Å². The molecule has 26 heavy (non-hydrogen) atoms. The average molecular weight is 345 g/mol. The number of nitrogens with one attached hydrogen (secondary N) is 2. The number of aromatic amines is 1. The molecule has 130 valence electrons. The maximum absolute atomic E-state index is 13.0. The van der Waals surface area contributed by atoms with E-state index in [1.54, 1.807) is 0 Å². The fourth-order valence-electron chi connectivity index (χ4n) is 3.85. The van der Waals surface area contributed by atoms with Gasteiger partial charge in [0, 0.05) is 6.54 Å². The Morgan fingerprint density at radius 1 is 1.12 bits per heavy atom. The SMILES string of the molecule is CC1(C)NC(=O)C(c2nc3ccccc3[nH]2)N2Cc3ccccc3N=C21. The number of aromatic nitrogens is 2. The first-order valence-corrected chi connectivity index (χ1v) is 8.73. The first-order chi connectivity index (χ1) is 12.5. The highest BCUT2D eigenvalue weighted by molar-refractivity contribution is 6.04. The zero-order chi connectivity index (χ0) is 17.9. The third kappa shape index (κ3) is 2.15. The van der Waals surface area contributed by atoms with Gasteiger partial charge in [-0.15, -0.1) is 0 Å². The van der Waals surface area contributed by atoms with Gasteiger partial charge in [-0.2, -0.15) is 0 Å². The van der Waals surface area contributed by atoms with E-state index in [0.29, 0.717) is 12.4 Å². The molecule has 0 spiro atoms. The van der Waals surface area contributed by atoms with Crippen molar-refractivity contribution in [1.82, 2.24) is 20.2 Å². The normalized spacial score (nSPS) is 21.0. The molecule has 1 saturated heterocycles. The number of piperazine rings is 1. The maximum Gasteiger partial charge on any atom is 0.251 e. The third-order valence-corrected chi connectivity index (χ3v) is 5.05. The summed E-state index contributed by atoms with van der Waals surface area (Å²) in [6, 6.07) is 15.4. The van der Waals surface area contributed by atoms with E-state index in [4.69, 9.17) is 4.99 Å². The van der Waals surface area contributed by atoms with Gasteiger partial charge in [0.2, 0.25) is 0 Å². The minimum Gasteiger partial charge on any atom is -0.342 e.